The van der Waals surface area contributed by atoms with Crippen molar-refractivity contribution >= 4 is 22.7 Å². The minimum absolute atomic E-state index is 0.133. The van der Waals surface area contributed by atoms with Gasteiger partial charge in [0, 0.05) is 11.9 Å². The highest BCUT2D eigenvalue weighted by molar-refractivity contribution is 6.06. The van der Waals surface area contributed by atoms with Crippen LogP contribution in [0.5, 0.6) is 0 Å². The van der Waals surface area contributed by atoms with E-state index >= 15 is 0 Å². The van der Waals surface area contributed by atoms with Crippen molar-refractivity contribution < 1.29 is 9.59 Å². The molecule has 0 aliphatic heterocycles. The Hall–Kier alpha value is -2.37. The predicted molar refractivity (Wildman–Crippen MR) is 99.2 cm³/mol. The zero-order chi connectivity index (χ0) is 18.6. The summed E-state index contributed by atoms with van der Waals surface area (Å²) in [5.74, 6) is -1.06. The van der Waals surface area contributed by atoms with E-state index in [1.807, 2.05) is 42.8 Å². The molecule has 1 atom stereocenters. The lowest BCUT2D eigenvalue weighted by Crippen LogP contribution is -2.58. The minimum Gasteiger partial charge on any atom is -0.368 e. The molecule has 6 heteroatoms. The predicted octanol–water partition coefficient (Wildman–Crippen LogP) is 2.86. The molecular weight excluding hydrogens is 316 g/mol. The van der Waals surface area contributed by atoms with Crippen molar-refractivity contribution in [3.63, 3.8) is 0 Å². The Bertz CT molecular complexity index is 766. The topological polar surface area (TPSA) is 90.0 Å². The molecule has 0 saturated carbocycles. The van der Waals surface area contributed by atoms with Crippen molar-refractivity contribution in [2.45, 2.75) is 59.0 Å². The number of nitrogens with zero attached hydrogens (tertiary/aromatic N) is 2. The Labute approximate surface area is 148 Å². The van der Waals surface area contributed by atoms with Crippen LogP contribution in [0.15, 0.2) is 24.3 Å². The van der Waals surface area contributed by atoms with Crippen LogP contribution in [0.1, 0.15) is 57.4 Å². The molecule has 136 valence electrons. The lowest BCUT2D eigenvalue weighted by atomic mass is 9.87. The summed E-state index contributed by atoms with van der Waals surface area (Å²) in [4.78, 5) is 24.7. The van der Waals surface area contributed by atoms with Crippen LogP contribution in [0.2, 0.25) is 0 Å². The molecule has 3 N–H and O–H groups in total. The van der Waals surface area contributed by atoms with Crippen LogP contribution in [0.3, 0.4) is 0 Å². The lowest BCUT2D eigenvalue weighted by molar-refractivity contribution is -0.125. The van der Waals surface area contributed by atoms with Gasteiger partial charge in [-0.1, -0.05) is 51.8 Å². The summed E-state index contributed by atoms with van der Waals surface area (Å²) in [5, 5.41) is 8.09. The second-order valence-corrected chi connectivity index (χ2v) is 6.97. The van der Waals surface area contributed by atoms with Crippen LogP contribution in [0.25, 0.3) is 10.9 Å². The number of hydrogen-bond acceptors (Lipinski definition) is 3. The van der Waals surface area contributed by atoms with Crippen molar-refractivity contribution in [3.05, 3.63) is 30.0 Å². The van der Waals surface area contributed by atoms with Crippen LogP contribution < -0.4 is 11.1 Å². The van der Waals surface area contributed by atoms with Crippen molar-refractivity contribution in [2.24, 2.45) is 11.7 Å². The molecule has 25 heavy (non-hydrogen) atoms. The normalized spacial score (nSPS) is 13.8. The summed E-state index contributed by atoms with van der Waals surface area (Å²) in [7, 11) is 0. The first-order chi connectivity index (χ1) is 11.8. The van der Waals surface area contributed by atoms with E-state index in [0.717, 1.165) is 36.7 Å². The molecule has 0 unspecified atom stereocenters. The maximum absolute atomic E-state index is 12.8. The van der Waals surface area contributed by atoms with E-state index in [4.69, 9.17) is 5.73 Å². The van der Waals surface area contributed by atoms with Gasteiger partial charge in [0.05, 0.1) is 5.52 Å². The van der Waals surface area contributed by atoms with Gasteiger partial charge in [-0.3, -0.25) is 14.3 Å². The number of primary amides is 1. The number of fused-ring (bicyclic) bond motifs is 1. The fraction of sp³-hybridized carbons (Fsp3) is 0.526. The molecule has 2 amide bonds. The number of carbonyl (C=O) groups is 2. The van der Waals surface area contributed by atoms with Crippen molar-refractivity contribution in [1.29, 1.82) is 0 Å². The van der Waals surface area contributed by atoms with Crippen LogP contribution in [0, 0.1) is 5.92 Å². The monoisotopic (exact) mass is 344 g/mol. The molecule has 1 heterocycles. The molecule has 0 radical (unpaired) electrons. The number of aromatic nitrogens is 2. The zero-order valence-corrected chi connectivity index (χ0v) is 15.5. The average Bonchev–Trinajstić information content (AvgIpc) is 2.94. The summed E-state index contributed by atoms with van der Waals surface area (Å²) in [6, 6.07) is 7.65. The van der Waals surface area contributed by atoms with E-state index in [1.165, 1.54) is 0 Å². The maximum Gasteiger partial charge on any atom is 0.273 e. The third kappa shape index (κ3) is 3.83. The number of unbranched alkanes of at least 4 members (excludes halogenated alkanes) is 2. The fourth-order valence-electron chi connectivity index (χ4n) is 2.76. The van der Waals surface area contributed by atoms with E-state index in [-0.39, 0.29) is 11.8 Å². The number of benzene rings is 1. The van der Waals surface area contributed by atoms with Gasteiger partial charge in [0.2, 0.25) is 5.91 Å². The van der Waals surface area contributed by atoms with E-state index < -0.39 is 11.4 Å². The molecular formula is C19H28N4O2. The largest absolute Gasteiger partial charge is 0.368 e. The Morgan fingerprint density at radius 1 is 1.28 bits per heavy atom. The zero-order valence-electron chi connectivity index (χ0n) is 15.5. The minimum atomic E-state index is -1.12. The smallest absolute Gasteiger partial charge is 0.273 e. The van der Waals surface area contributed by atoms with Crippen LogP contribution in [-0.2, 0) is 11.3 Å². The number of nitrogens with two attached hydrogens (primary N) is 1. The molecule has 6 nitrogen and oxygen atoms in total. The molecule has 2 aromatic rings. The summed E-state index contributed by atoms with van der Waals surface area (Å²) >= 11 is 0. The van der Waals surface area contributed by atoms with Gasteiger partial charge < -0.3 is 11.1 Å². The third-order valence-electron chi connectivity index (χ3n) is 4.89. The molecule has 1 aromatic carbocycles. The van der Waals surface area contributed by atoms with Gasteiger partial charge in [-0.2, -0.15) is 5.10 Å². The van der Waals surface area contributed by atoms with Crippen molar-refractivity contribution in [2.75, 3.05) is 0 Å². The van der Waals surface area contributed by atoms with Gasteiger partial charge in [-0.15, -0.1) is 0 Å². The van der Waals surface area contributed by atoms with Crippen molar-refractivity contribution in [3.8, 4) is 0 Å². The third-order valence-corrected chi connectivity index (χ3v) is 4.89. The van der Waals surface area contributed by atoms with E-state index in [2.05, 4.69) is 17.3 Å². The van der Waals surface area contributed by atoms with Gasteiger partial charge >= 0.3 is 0 Å². The number of amides is 2. The second kappa shape index (κ2) is 7.68. The molecule has 0 aliphatic carbocycles. The summed E-state index contributed by atoms with van der Waals surface area (Å²) in [6.45, 7) is 8.27. The standard InChI is InChI=1S/C19H28N4O2/c1-5-6-9-12-23-15-11-8-7-10-14(15)16(22-23)17(24)21-19(4,13(2)3)18(20)25/h7-8,10-11,13H,5-6,9,12H2,1-4H3,(H2,20,25)(H,21,24)/t19-/m1/s1. The van der Waals surface area contributed by atoms with E-state index in [1.54, 1.807) is 6.92 Å². The SMILES string of the molecule is CCCCCn1nc(C(=O)N[C@@](C)(C(N)=O)C(C)C)c2ccccc21. The Morgan fingerprint density at radius 3 is 2.56 bits per heavy atom. The van der Waals surface area contributed by atoms with Crippen LogP contribution >= 0.6 is 0 Å². The molecule has 2 rings (SSSR count). The molecule has 0 fully saturated rings. The van der Waals surface area contributed by atoms with Gasteiger partial charge in [0.1, 0.15) is 5.54 Å². The fourth-order valence-corrected chi connectivity index (χ4v) is 2.76. The first kappa shape index (κ1) is 19.0. The maximum atomic E-state index is 12.8. The highest BCUT2D eigenvalue weighted by Crippen LogP contribution is 2.22. The van der Waals surface area contributed by atoms with Crippen LogP contribution in [0.4, 0.5) is 0 Å². The van der Waals surface area contributed by atoms with Gasteiger partial charge in [0.25, 0.3) is 5.91 Å². The lowest BCUT2D eigenvalue weighted by Gasteiger charge is -2.31. The summed E-state index contributed by atoms with van der Waals surface area (Å²) in [5.41, 5.74) is 5.66. The summed E-state index contributed by atoms with van der Waals surface area (Å²) < 4.78 is 1.87. The molecule has 0 aliphatic rings. The van der Waals surface area contributed by atoms with E-state index in [9.17, 15) is 9.59 Å². The molecule has 0 spiro atoms. The second-order valence-electron chi connectivity index (χ2n) is 6.97. The van der Waals surface area contributed by atoms with Gasteiger partial charge in [-0.25, -0.2) is 0 Å². The molecule has 1 aromatic heterocycles. The van der Waals surface area contributed by atoms with Gasteiger partial charge in [-0.05, 0) is 25.3 Å². The highest BCUT2D eigenvalue weighted by atomic mass is 16.2. The number of hydrogen-bond donors (Lipinski definition) is 2. The number of nitrogens with one attached hydrogen (secondary N) is 1. The van der Waals surface area contributed by atoms with Crippen LogP contribution in [-0.4, -0.2) is 27.1 Å². The molecule has 0 saturated heterocycles. The van der Waals surface area contributed by atoms with E-state index in [0.29, 0.717) is 5.69 Å². The molecule has 0 bridgehead atoms. The van der Waals surface area contributed by atoms with Gasteiger partial charge in [0.15, 0.2) is 5.69 Å². The first-order valence-electron chi connectivity index (χ1n) is 8.89. The average molecular weight is 344 g/mol. The number of aryl methyl sites for hydroxylation is 1. The Morgan fingerprint density at radius 2 is 1.96 bits per heavy atom. The summed E-state index contributed by atoms with van der Waals surface area (Å²) in [6.07, 6.45) is 3.24. The first-order valence-corrected chi connectivity index (χ1v) is 8.89. The number of carbonyl (C=O) groups excluding carboxylic acids is 2. The Balaban J connectivity index is 2.36. The highest BCUT2D eigenvalue weighted by Gasteiger charge is 2.37. The number of rotatable bonds is 8. The number of para-hydroxylation sites is 1. The quantitative estimate of drug-likeness (QED) is 0.722. The van der Waals surface area contributed by atoms with Crippen molar-refractivity contribution in [1.82, 2.24) is 15.1 Å². The Kier molecular flexibility index (Phi) is 5.82.